The first-order valence-electron chi connectivity index (χ1n) is 7.54. The van der Waals surface area contributed by atoms with E-state index in [1.165, 1.54) is 13.5 Å². The largest absolute Gasteiger partial charge is 0.360 e. The first-order valence-corrected chi connectivity index (χ1v) is 9.15. The Morgan fingerprint density at radius 2 is 2.09 bits per heavy atom. The molecule has 0 radical (unpaired) electrons. The van der Waals surface area contributed by atoms with E-state index in [2.05, 4.69) is 10.5 Å². The maximum absolute atomic E-state index is 12.3. The minimum Gasteiger partial charge on any atom is -0.360 e. The van der Waals surface area contributed by atoms with E-state index in [1.54, 1.807) is 13.0 Å². The number of nitrogens with one attached hydrogen (secondary N) is 1. The van der Waals surface area contributed by atoms with Gasteiger partial charge in [0.1, 0.15) is 5.76 Å². The van der Waals surface area contributed by atoms with Gasteiger partial charge in [-0.3, -0.25) is 4.79 Å². The third-order valence-electron chi connectivity index (χ3n) is 3.91. The number of aromatic nitrogens is 1. The van der Waals surface area contributed by atoms with Crippen molar-refractivity contribution < 1.29 is 17.7 Å². The number of sulfonamides is 1. The van der Waals surface area contributed by atoms with Gasteiger partial charge in [-0.2, -0.15) is 4.31 Å². The van der Waals surface area contributed by atoms with E-state index in [0.717, 1.165) is 30.0 Å². The molecule has 0 aliphatic heterocycles. The summed E-state index contributed by atoms with van der Waals surface area (Å²) in [7, 11) is -1.98. The van der Waals surface area contributed by atoms with E-state index >= 15 is 0 Å². The number of nitrogens with zero attached hydrogens (tertiary/aromatic N) is 2. The summed E-state index contributed by atoms with van der Waals surface area (Å²) in [5.41, 5.74) is 0. The molecule has 0 spiro atoms. The fourth-order valence-corrected chi connectivity index (χ4v) is 4.18. The second-order valence-corrected chi connectivity index (χ2v) is 8.03. The number of likely N-dealkylation sites (N-methyl/N-ethyl adjacent to an activating group) is 1. The average molecular weight is 329 g/mol. The molecule has 1 heterocycles. The van der Waals surface area contributed by atoms with E-state index in [4.69, 9.17) is 4.52 Å². The van der Waals surface area contributed by atoms with Gasteiger partial charge in [-0.05, 0) is 25.7 Å². The third kappa shape index (κ3) is 4.81. The highest BCUT2D eigenvalue weighted by Crippen LogP contribution is 2.25. The van der Waals surface area contributed by atoms with E-state index in [9.17, 15) is 13.2 Å². The van der Waals surface area contributed by atoms with E-state index in [1.807, 2.05) is 0 Å². The van der Waals surface area contributed by atoms with Crippen molar-refractivity contribution in [2.24, 2.45) is 5.92 Å². The molecule has 1 fully saturated rings. The van der Waals surface area contributed by atoms with E-state index in [0.29, 0.717) is 11.6 Å². The first-order chi connectivity index (χ1) is 10.4. The fraction of sp³-hybridized carbons (Fsp3) is 0.714. The minimum atomic E-state index is -3.41. The maximum Gasteiger partial charge on any atom is 0.240 e. The van der Waals surface area contributed by atoms with Crippen molar-refractivity contribution in [1.82, 2.24) is 9.46 Å². The maximum atomic E-state index is 12.3. The second kappa shape index (κ2) is 7.23. The van der Waals surface area contributed by atoms with Crippen LogP contribution < -0.4 is 5.32 Å². The van der Waals surface area contributed by atoms with Crippen molar-refractivity contribution in [3.63, 3.8) is 0 Å². The number of amides is 1. The summed E-state index contributed by atoms with van der Waals surface area (Å²) < 4.78 is 30.6. The van der Waals surface area contributed by atoms with Gasteiger partial charge in [-0.15, -0.1) is 0 Å². The molecule has 8 heteroatoms. The highest BCUT2D eigenvalue weighted by molar-refractivity contribution is 7.89. The summed E-state index contributed by atoms with van der Waals surface area (Å²) in [5, 5.41) is 6.16. The Morgan fingerprint density at radius 3 is 2.68 bits per heavy atom. The van der Waals surface area contributed by atoms with Crippen LogP contribution in [0.3, 0.4) is 0 Å². The standard InChI is InChI=1S/C14H23N3O4S/c1-11-8-13(16-21-11)15-14(18)9-17(2)22(19,20)10-12-6-4-3-5-7-12/h8,12H,3-7,9-10H2,1-2H3,(H,15,16,18). The van der Waals surface area contributed by atoms with Crippen LogP contribution in [0.5, 0.6) is 0 Å². The molecule has 1 aromatic heterocycles. The molecule has 1 aliphatic carbocycles. The van der Waals surface area contributed by atoms with Crippen molar-refractivity contribution in [2.75, 3.05) is 24.7 Å². The Morgan fingerprint density at radius 1 is 1.41 bits per heavy atom. The highest BCUT2D eigenvalue weighted by Gasteiger charge is 2.26. The number of hydrogen-bond acceptors (Lipinski definition) is 5. The monoisotopic (exact) mass is 329 g/mol. The topological polar surface area (TPSA) is 92.5 Å². The molecule has 0 unspecified atom stereocenters. The zero-order valence-corrected chi connectivity index (χ0v) is 13.9. The Bertz CT molecular complexity index is 605. The second-order valence-electron chi connectivity index (χ2n) is 5.91. The SMILES string of the molecule is Cc1cc(NC(=O)CN(C)S(=O)(=O)CC2CCCCC2)no1. The molecule has 22 heavy (non-hydrogen) atoms. The molecular weight excluding hydrogens is 306 g/mol. The summed E-state index contributed by atoms with van der Waals surface area (Å²) in [4.78, 5) is 11.9. The van der Waals surface area contributed by atoms with Gasteiger partial charge >= 0.3 is 0 Å². The number of carbonyl (C=O) groups is 1. The number of carbonyl (C=O) groups excluding carboxylic acids is 1. The lowest BCUT2D eigenvalue weighted by atomic mass is 9.91. The summed E-state index contributed by atoms with van der Waals surface area (Å²) in [6.07, 6.45) is 5.28. The van der Waals surface area contributed by atoms with Crippen LogP contribution in [0.15, 0.2) is 10.6 Å². The summed E-state index contributed by atoms with van der Waals surface area (Å²) in [6, 6.07) is 1.58. The van der Waals surface area contributed by atoms with Crippen LogP contribution >= 0.6 is 0 Å². The molecule has 1 amide bonds. The lowest BCUT2D eigenvalue weighted by Gasteiger charge is -2.24. The van der Waals surface area contributed by atoms with Gasteiger partial charge in [0.25, 0.3) is 0 Å². The predicted octanol–water partition coefficient (Wildman–Crippen LogP) is 1.76. The molecule has 0 saturated heterocycles. The molecule has 1 N–H and O–H groups in total. The van der Waals surface area contributed by atoms with E-state index in [-0.39, 0.29) is 18.2 Å². The Balaban J connectivity index is 1.86. The molecule has 0 atom stereocenters. The lowest BCUT2D eigenvalue weighted by Crippen LogP contribution is -2.38. The smallest absolute Gasteiger partial charge is 0.240 e. The number of aryl methyl sites for hydroxylation is 1. The molecule has 0 aromatic carbocycles. The van der Waals surface area contributed by atoms with Crippen molar-refractivity contribution in [2.45, 2.75) is 39.0 Å². The van der Waals surface area contributed by atoms with Crippen LogP contribution in [0.2, 0.25) is 0 Å². The summed E-state index contributed by atoms with van der Waals surface area (Å²) >= 11 is 0. The molecule has 124 valence electrons. The van der Waals surface area contributed by atoms with Gasteiger partial charge in [0, 0.05) is 13.1 Å². The summed E-state index contributed by atoms with van der Waals surface area (Å²) in [6.45, 7) is 1.49. The minimum absolute atomic E-state index is 0.125. The molecule has 0 bridgehead atoms. The van der Waals surface area contributed by atoms with Crippen LogP contribution in [0.1, 0.15) is 37.9 Å². The van der Waals surface area contributed by atoms with Crippen molar-refractivity contribution in [3.05, 3.63) is 11.8 Å². The molecule has 2 rings (SSSR count). The van der Waals surface area contributed by atoms with Gasteiger partial charge in [0.15, 0.2) is 5.82 Å². The van der Waals surface area contributed by atoms with Crippen LogP contribution in [0, 0.1) is 12.8 Å². The van der Waals surface area contributed by atoms with Gasteiger partial charge in [-0.25, -0.2) is 8.42 Å². The van der Waals surface area contributed by atoms with Gasteiger partial charge in [-0.1, -0.05) is 24.4 Å². The molecule has 7 nitrogen and oxygen atoms in total. The van der Waals surface area contributed by atoms with Crippen molar-refractivity contribution in [3.8, 4) is 0 Å². The zero-order chi connectivity index (χ0) is 16.2. The normalized spacial score (nSPS) is 16.9. The van der Waals surface area contributed by atoms with Gasteiger partial charge < -0.3 is 9.84 Å². The highest BCUT2D eigenvalue weighted by atomic mass is 32.2. The van der Waals surface area contributed by atoms with Gasteiger partial charge in [0.05, 0.1) is 12.3 Å². The predicted molar refractivity (Wildman–Crippen MR) is 82.9 cm³/mol. The molecule has 1 aromatic rings. The quantitative estimate of drug-likeness (QED) is 0.858. The lowest BCUT2D eigenvalue weighted by molar-refractivity contribution is -0.116. The van der Waals surface area contributed by atoms with Crippen LogP contribution in [-0.2, 0) is 14.8 Å². The Kier molecular flexibility index (Phi) is 5.57. The molecular formula is C14H23N3O4S. The number of anilines is 1. The Hall–Kier alpha value is -1.41. The summed E-state index contributed by atoms with van der Waals surface area (Å²) in [5.74, 6) is 0.777. The average Bonchev–Trinajstić information content (AvgIpc) is 2.84. The van der Waals surface area contributed by atoms with E-state index < -0.39 is 15.9 Å². The van der Waals surface area contributed by atoms with Crippen molar-refractivity contribution >= 4 is 21.7 Å². The molecule has 1 saturated carbocycles. The fourth-order valence-electron chi connectivity index (χ4n) is 2.69. The van der Waals surface area contributed by atoms with Crippen molar-refractivity contribution in [1.29, 1.82) is 0 Å². The Labute approximate surface area is 131 Å². The first kappa shape index (κ1) is 17.0. The number of rotatable bonds is 6. The number of hydrogen-bond donors (Lipinski definition) is 1. The van der Waals surface area contributed by atoms with Crippen LogP contribution in [-0.4, -0.2) is 43.1 Å². The third-order valence-corrected chi connectivity index (χ3v) is 5.88. The van der Waals surface area contributed by atoms with Crippen LogP contribution in [0.25, 0.3) is 0 Å². The van der Waals surface area contributed by atoms with Crippen LogP contribution in [0.4, 0.5) is 5.82 Å². The van der Waals surface area contributed by atoms with Gasteiger partial charge in [0.2, 0.25) is 15.9 Å². The zero-order valence-electron chi connectivity index (χ0n) is 13.0. The molecule has 1 aliphatic rings.